The van der Waals surface area contributed by atoms with Gasteiger partial charge in [-0.15, -0.1) is 0 Å². The standard InChI is InChI=1S/C18H16N2O3/c1-22-18(21)15(11-19)12-20-16-8-5-9-17(10-16)23-13-14-6-3-2-4-7-14/h2-10,12,20H,13H2,1H3/b15-12+. The number of nitrogens with zero attached hydrogens (tertiary/aromatic N) is 1. The summed E-state index contributed by atoms with van der Waals surface area (Å²) in [6.07, 6.45) is 1.31. The first-order valence-electron chi connectivity index (χ1n) is 6.95. The van der Waals surface area contributed by atoms with Gasteiger partial charge in [-0.1, -0.05) is 36.4 Å². The molecule has 2 aromatic carbocycles. The third-order valence-corrected chi connectivity index (χ3v) is 2.99. The zero-order valence-electron chi connectivity index (χ0n) is 12.7. The Bertz CT molecular complexity index is 733. The molecule has 0 radical (unpaired) electrons. The molecule has 0 aromatic heterocycles. The summed E-state index contributed by atoms with van der Waals surface area (Å²) >= 11 is 0. The Hall–Kier alpha value is -3.26. The van der Waals surface area contributed by atoms with Crippen molar-refractivity contribution in [2.24, 2.45) is 0 Å². The van der Waals surface area contributed by atoms with Crippen LogP contribution in [0.15, 0.2) is 66.4 Å². The first-order chi connectivity index (χ1) is 11.2. The first kappa shape index (κ1) is 16.1. The summed E-state index contributed by atoms with van der Waals surface area (Å²) in [7, 11) is 1.23. The summed E-state index contributed by atoms with van der Waals surface area (Å²) in [6, 6.07) is 18.9. The molecule has 0 unspecified atom stereocenters. The number of hydrogen-bond acceptors (Lipinski definition) is 5. The van der Waals surface area contributed by atoms with Crippen molar-refractivity contribution in [2.45, 2.75) is 6.61 Å². The molecule has 2 aromatic rings. The predicted molar refractivity (Wildman–Crippen MR) is 86.6 cm³/mol. The van der Waals surface area contributed by atoms with E-state index in [2.05, 4.69) is 10.1 Å². The molecule has 116 valence electrons. The number of anilines is 1. The molecule has 0 heterocycles. The highest BCUT2D eigenvalue weighted by Gasteiger charge is 2.07. The van der Waals surface area contributed by atoms with Crippen molar-refractivity contribution in [1.82, 2.24) is 0 Å². The maximum Gasteiger partial charge on any atom is 0.350 e. The van der Waals surface area contributed by atoms with E-state index in [-0.39, 0.29) is 5.57 Å². The largest absolute Gasteiger partial charge is 0.489 e. The van der Waals surface area contributed by atoms with Crippen LogP contribution in [0.5, 0.6) is 5.75 Å². The van der Waals surface area contributed by atoms with Crippen LogP contribution >= 0.6 is 0 Å². The van der Waals surface area contributed by atoms with Crippen LogP contribution in [0.1, 0.15) is 5.56 Å². The summed E-state index contributed by atoms with van der Waals surface area (Å²) < 4.78 is 10.2. The van der Waals surface area contributed by atoms with Gasteiger partial charge in [-0.05, 0) is 17.7 Å². The van der Waals surface area contributed by atoms with Crippen molar-refractivity contribution in [3.8, 4) is 11.8 Å². The third kappa shape index (κ3) is 4.90. The number of carbonyl (C=O) groups excluding carboxylic acids is 1. The summed E-state index contributed by atoms with van der Waals surface area (Å²) in [6.45, 7) is 0.464. The summed E-state index contributed by atoms with van der Waals surface area (Å²) in [4.78, 5) is 11.3. The second-order valence-corrected chi connectivity index (χ2v) is 4.61. The molecule has 23 heavy (non-hydrogen) atoms. The maximum atomic E-state index is 11.3. The van der Waals surface area contributed by atoms with Crippen LogP contribution in [0.25, 0.3) is 0 Å². The monoisotopic (exact) mass is 308 g/mol. The number of ether oxygens (including phenoxy) is 2. The van der Waals surface area contributed by atoms with Crippen molar-refractivity contribution < 1.29 is 14.3 Å². The van der Waals surface area contributed by atoms with Gasteiger partial charge in [0.2, 0.25) is 0 Å². The molecule has 0 spiro atoms. The zero-order chi connectivity index (χ0) is 16.5. The molecule has 0 fully saturated rings. The van der Waals surface area contributed by atoms with Gasteiger partial charge in [0.15, 0.2) is 5.57 Å². The fourth-order valence-electron chi connectivity index (χ4n) is 1.82. The van der Waals surface area contributed by atoms with Crippen molar-refractivity contribution in [1.29, 1.82) is 5.26 Å². The number of carbonyl (C=O) groups is 1. The van der Waals surface area contributed by atoms with Crippen LogP contribution in [0.3, 0.4) is 0 Å². The van der Waals surface area contributed by atoms with E-state index in [4.69, 9.17) is 10.00 Å². The van der Waals surface area contributed by atoms with E-state index in [1.807, 2.05) is 42.5 Å². The van der Waals surface area contributed by atoms with E-state index in [1.54, 1.807) is 18.2 Å². The number of benzene rings is 2. The molecular formula is C18H16N2O3. The van der Waals surface area contributed by atoms with E-state index in [1.165, 1.54) is 13.3 Å². The van der Waals surface area contributed by atoms with Gasteiger partial charge >= 0.3 is 5.97 Å². The Morgan fingerprint density at radius 1 is 1.22 bits per heavy atom. The molecule has 0 amide bonds. The number of hydrogen-bond donors (Lipinski definition) is 1. The minimum atomic E-state index is -0.684. The number of nitriles is 1. The van der Waals surface area contributed by atoms with Crippen molar-refractivity contribution in [2.75, 3.05) is 12.4 Å². The number of rotatable bonds is 6. The summed E-state index contributed by atoms with van der Waals surface area (Å²) in [5, 5.41) is 11.8. The molecule has 2 rings (SSSR count). The molecule has 0 aliphatic heterocycles. The number of esters is 1. The Kier molecular flexibility index (Phi) is 5.78. The van der Waals surface area contributed by atoms with Gasteiger partial charge in [0, 0.05) is 18.0 Å². The van der Waals surface area contributed by atoms with Crippen molar-refractivity contribution in [3.63, 3.8) is 0 Å². The van der Waals surface area contributed by atoms with Crippen LogP contribution in [0.2, 0.25) is 0 Å². The minimum Gasteiger partial charge on any atom is -0.489 e. The van der Waals surface area contributed by atoms with Crippen LogP contribution in [0, 0.1) is 11.3 Å². The van der Waals surface area contributed by atoms with Crippen LogP contribution < -0.4 is 10.1 Å². The van der Waals surface area contributed by atoms with E-state index < -0.39 is 5.97 Å². The van der Waals surface area contributed by atoms with E-state index in [0.717, 1.165) is 5.56 Å². The smallest absolute Gasteiger partial charge is 0.350 e. The summed E-state index contributed by atoms with van der Waals surface area (Å²) in [5.41, 5.74) is 1.67. The van der Waals surface area contributed by atoms with Crippen LogP contribution in [-0.2, 0) is 16.1 Å². The Morgan fingerprint density at radius 2 is 2.00 bits per heavy atom. The molecule has 0 aliphatic carbocycles. The number of methoxy groups -OCH3 is 1. The molecular weight excluding hydrogens is 292 g/mol. The molecule has 5 heteroatoms. The first-order valence-corrected chi connectivity index (χ1v) is 6.95. The normalized spacial score (nSPS) is 10.5. The van der Waals surface area contributed by atoms with Gasteiger partial charge in [-0.25, -0.2) is 4.79 Å². The van der Waals surface area contributed by atoms with E-state index in [0.29, 0.717) is 18.0 Å². The molecule has 0 aliphatic rings. The molecule has 0 bridgehead atoms. The minimum absolute atomic E-state index is 0.108. The van der Waals surface area contributed by atoms with Crippen LogP contribution in [-0.4, -0.2) is 13.1 Å². The molecule has 0 saturated heterocycles. The van der Waals surface area contributed by atoms with Gasteiger partial charge < -0.3 is 14.8 Å². The lowest BCUT2D eigenvalue weighted by molar-refractivity contribution is -0.135. The zero-order valence-corrected chi connectivity index (χ0v) is 12.7. The van der Waals surface area contributed by atoms with Gasteiger partial charge in [-0.2, -0.15) is 5.26 Å². The Labute approximate surface area is 134 Å². The van der Waals surface area contributed by atoms with Gasteiger partial charge in [0.1, 0.15) is 18.4 Å². The quantitative estimate of drug-likeness (QED) is 0.504. The number of nitrogens with one attached hydrogen (secondary N) is 1. The van der Waals surface area contributed by atoms with Gasteiger partial charge in [-0.3, -0.25) is 0 Å². The maximum absolute atomic E-state index is 11.3. The fourth-order valence-corrected chi connectivity index (χ4v) is 1.82. The lowest BCUT2D eigenvalue weighted by Gasteiger charge is -2.08. The average Bonchev–Trinajstić information content (AvgIpc) is 2.61. The van der Waals surface area contributed by atoms with Crippen molar-refractivity contribution in [3.05, 3.63) is 71.9 Å². The highest BCUT2D eigenvalue weighted by atomic mass is 16.5. The average molecular weight is 308 g/mol. The lowest BCUT2D eigenvalue weighted by atomic mass is 10.2. The lowest BCUT2D eigenvalue weighted by Crippen LogP contribution is -2.05. The second-order valence-electron chi connectivity index (χ2n) is 4.61. The topological polar surface area (TPSA) is 71.4 Å². The predicted octanol–water partition coefficient (Wildman–Crippen LogP) is 3.26. The highest BCUT2D eigenvalue weighted by Crippen LogP contribution is 2.19. The molecule has 0 atom stereocenters. The van der Waals surface area contributed by atoms with E-state index in [9.17, 15) is 4.79 Å². The van der Waals surface area contributed by atoms with Crippen LogP contribution in [0.4, 0.5) is 5.69 Å². The van der Waals surface area contributed by atoms with Crippen molar-refractivity contribution >= 4 is 11.7 Å². The highest BCUT2D eigenvalue weighted by molar-refractivity contribution is 5.93. The SMILES string of the molecule is COC(=O)/C(C#N)=C/Nc1cccc(OCc2ccccc2)c1. The molecule has 5 nitrogen and oxygen atoms in total. The third-order valence-electron chi connectivity index (χ3n) is 2.99. The molecule has 0 saturated carbocycles. The van der Waals surface area contributed by atoms with E-state index >= 15 is 0 Å². The second kappa shape index (κ2) is 8.25. The Balaban J connectivity index is 2.01. The molecule has 1 N–H and O–H groups in total. The Morgan fingerprint density at radius 3 is 2.70 bits per heavy atom. The van der Waals surface area contributed by atoms with Gasteiger partial charge in [0.25, 0.3) is 0 Å². The fraction of sp³-hybridized carbons (Fsp3) is 0.111. The summed E-state index contributed by atoms with van der Waals surface area (Å²) in [5.74, 6) is 0.000288. The van der Waals surface area contributed by atoms with Gasteiger partial charge in [0.05, 0.1) is 7.11 Å².